The van der Waals surface area contributed by atoms with Gasteiger partial charge in [0, 0.05) is 38.1 Å². The Morgan fingerprint density at radius 3 is 2.83 bits per heavy atom. The molecule has 1 aliphatic heterocycles. The van der Waals surface area contributed by atoms with Gasteiger partial charge in [-0.05, 0) is 5.92 Å². The molecule has 1 aliphatic rings. The molecule has 2 rings (SSSR count). The number of imidazole rings is 1. The summed E-state index contributed by atoms with van der Waals surface area (Å²) in [6.07, 6.45) is 4.55. The highest BCUT2D eigenvalue weighted by molar-refractivity contribution is 7.91. The molecule has 0 N–H and O–H groups in total. The van der Waals surface area contributed by atoms with E-state index in [0.717, 1.165) is 18.5 Å². The van der Waals surface area contributed by atoms with E-state index in [1.165, 1.54) is 0 Å². The van der Waals surface area contributed by atoms with Crippen molar-refractivity contribution in [2.24, 2.45) is 11.8 Å². The summed E-state index contributed by atoms with van der Waals surface area (Å²) in [7, 11) is -3.34. The summed E-state index contributed by atoms with van der Waals surface area (Å²) in [4.78, 5) is 18.0. The van der Waals surface area contributed by atoms with Crippen molar-refractivity contribution in [3.8, 4) is 0 Å². The van der Waals surface area contributed by atoms with Gasteiger partial charge in [0.15, 0.2) is 9.84 Å². The van der Waals surface area contributed by atoms with Gasteiger partial charge < -0.3 is 14.2 Å². The first-order chi connectivity index (χ1) is 10.7. The molecule has 1 aromatic heterocycles. The lowest BCUT2D eigenvalue weighted by molar-refractivity contribution is -0.129. The summed E-state index contributed by atoms with van der Waals surface area (Å²) >= 11 is 0. The first-order valence-corrected chi connectivity index (χ1v) is 9.83. The van der Waals surface area contributed by atoms with Crippen molar-refractivity contribution >= 4 is 15.7 Å². The molecule has 0 fully saturated rings. The Kier molecular flexibility index (Phi) is 5.80. The normalized spacial score (nSPS) is 18.8. The molecule has 8 heteroatoms. The number of carbonyl (C=O) groups is 1. The van der Waals surface area contributed by atoms with Crippen LogP contribution in [0.2, 0.25) is 0 Å². The molecule has 1 amide bonds. The number of fused-ring (bicyclic) bond motifs is 1. The van der Waals surface area contributed by atoms with Crippen molar-refractivity contribution < 1.29 is 17.9 Å². The van der Waals surface area contributed by atoms with Crippen LogP contribution in [0.5, 0.6) is 0 Å². The topological polar surface area (TPSA) is 81.5 Å². The van der Waals surface area contributed by atoms with Crippen molar-refractivity contribution in [2.75, 3.05) is 31.8 Å². The second-order valence-corrected chi connectivity index (χ2v) is 8.82. The van der Waals surface area contributed by atoms with Crippen molar-refractivity contribution in [3.63, 3.8) is 0 Å². The summed E-state index contributed by atoms with van der Waals surface area (Å²) in [6, 6.07) is 0. The third-order valence-corrected chi connectivity index (χ3v) is 4.40. The van der Waals surface area contributed by atoms with Gasteiger partial charge in [-0.25, -0.2) is 13.4 Å². The maximum absolute atomic E-state index is 12.3. The number of hydrogen-bond donors (Lipinski definition) is 0. The second-order valence-electron chi connectivity index (χ2n) is 6.68. The highest BCUT2D eigenvalue weighted by atomic mass is 32.2. The Balaban J connectivity index is 2.08. The summed E-state index contributed by atoms with van der Waals surface area (Å²) in [5.74, 6) is -0.253. The van der Waals surface area contributed by atoms with Gasteiger partial charge in [-0.2, -0.15) is 0 Å². The fourth-order valence-electron chi connectivity index (χ4n) is 2.63. The lowest BCUT2D eigenvalue weighted by Crippen LogP contribution is -2.38. The quantitative estimate of drug-likeness (QED) is 0.754. The van der Waals surface area contributed by atoms with Crippen LogP contribution in [0.15, 0.2) is 12.5 Å². The maximum atomic E-state index is 12.3. The minimum atomic E-state index is -3.34. The molecule has 1 aromatic rings. The lowest BCUT2D eigenvalue weighted by Gasteiger charge is -2.24. The molecule has 1 atom stereocenters. The Bertz CT molecular complexity index is 639. The van der Waals surface area contributed by atoms with E-state index in [1.54, 1.807) is 17.4 Å². The maximum Gasteiger partial charge on any atom is 0.238 e. The van der Waals surface area contributed by atoms with Crippen LogP contribution in [0, 0.1) is 11.8 Å². The van der Waals surface area contributed by atoms with Crippen molar-refractivity contribution in [1.29, 1.82) is 0 Å². The predicted molar refractivity (Wildman–Crippen MR) is 86.5 cm³/mol. The van der Waals surface area contributed by atoms with E-state index in [4.69, 9.17) is 4.74 Å². The molecule has 0 aliphatic carbocycles. The standard InChI is InChI=1S/C15H25N3O4S/c1-12(2)8-22-9-13-5-17(15(19)10-23(3,20)21)7-14-4-16-11-18(14)6-13/h4,11-13H,5-10H2,1-3H3/t13-/m0/s1. The molecule has 130 valence electrons. The molecule has 23 heavy (non-hydrogen) atoms. The van der Waals surface area contributed by atoms with E-state index in [9.17, 15) is 13.2 Å². The summed E-state index contributed by atoms with van der Waals surface area (Å²) in [6.45, 7) is 6.98. The van der Waals surface area contributed by atoms with Gasteiger partial charge in [0.2, 0.25) is 5.91 Å². The Labute approximate surface area is 137 Å². The van der Waals surface area contributed by atoms with E-state index in [0.29, 0.717) is 32.2 Å². The Morgan fingerprint density at radius 1 is 1.43 bits per heavy atom. The summed E-state index contributed by atoms with van der Waals surface area (Å²) in [5.41, 5.74) is 0.915. The second kappa shape index (κ2) is 7.44. The summed E-state index contributed by atoms with van der Waals surface area (Å²) < 4.78 is 30.5. The monoisotopic (exact) mass is 343 g/mol. The Morgan fingerprint density at radius 2 is 2.17 bits per heavy atom. The van der Waals surface area contributed by atoms with E-state index in [-0.39, 0.29) is 11.8 Å². The third-order valence-electron chi connectivity index (χ3n) is 3.63. The molecule has 7 nitrogen and oxygen atoms in total. The minimum absolute atomic E-state index is 0.118. The van der Waals surface area contributed by atoms with Crippen LogP contribution in [0.4, 0.5) is 0 Å². The van der Waals surface area contributed by atoms with E-state index in [2.05, 4.69) is 18.8 Å². The summed E-state index contributed by atoms with van der Waals surface area (Å²) in [5, 5.41) is 0. The predicted octanol–water partition coefficient (Wildman–Crippen LogP) is 0.559. The van der Waals surface area contributed by atoms with Gasteiger partial charge >= 0.3 is 0 Å². The molecule has 0 saturated heterocycles. The van der Waals surface area contributed by atoms with Gasteiger partial charge in [0.05, 0.1) is 25.2 Å². The molecule has 0 aromatic carbocycles. The number of nitrogens with zero attached hydrogens (tertiary/aromatic N) is 3. The van der Waals surface area contributed by atoms with Gasteiger partial charge in [-0.15, -0.1) is 0 Å². The molecule has 0 bridgehead atoms. The first kappa shape index (κ1) is 17.9. The smallest absolute Gasteiger partial charge is 0.238 e. The van der Waals surface area contributed by atoms with Crippen LogP contribution >= 0.6 is 0 Å². The van der Waals surface area contributed by atoms with Crippen LogP contribution in [-0.2, 0) is 32.5 Å². The number of carbonyl (C=O) groups excluding carboxylic acids is 1. The molecule has 0 unspecified atom stereocenters. The average Bonchev–Trinajstić information content (AvgIpc) is 2.75. The largest absolute Gasteiger partial charge is 0.381 e. The van der Waals surface area contributed by atoms with Gasteiger partial charge in [-0.1, -0.05) is 13.8 Å². The van der Waals surface area contributed by atoms with Gasteiger partial charge in [-0.3, -0.25) is 4.79 Å². The van der Waals surface area contributed by atoms with Crippen LogP contribution in [0.1, 0.15) is 19.5 Å². The minimum Gasteiger partial charge on any atom is -0.381 e. The average molecular weight is 343 g/mol. The SMILES string of the molecule is CC(C)COC[C@H]1CN(C(=O)CS(C)(=O)=O)Cc2cncn2C1. The lowest BCUT2D eigenvalue weighted by atomic mass is 10.1. The van der Waals surface area contributed by atoms with E-state index >= 15 is 0 Å². The molecular weight excluding hydrogens is 318 g/mol. The van der Waals surface area contributed by atoms with Crippen molar-refractivity contribution in [1.82, 2.24) is 14.5 Å². The van der Waals surface area contributed by atoms with Crippen LogP contribution < -0.4 is 0 Å². The van der Waals surface area contributed by atoms with Crippen molar-refractivity contribution in [3.05, 3.63) is 18.2 Å². The number of ether oxygens (including phenoxy) is 1. The zero-order chi connectivity index (χ0) is 17.0. The third kappa shape index (κ3) is 5.62. The fraction of sp³-hybridized carbons (Fsp3) is 0.733. The molecule has 2 heterocycles. The van der Waals surface area contributed by atoms with Gasteiger partial charge in [0.25, 0.3) is 0 Å². The highest BCUT2D eigenvalue weighted by Crippen LogP contribution is 2.17. The molecule has 0 spiro atoms. The van der Waals surface area contributed by atoms with Crippen LogP contribution in [0.25, 0.3) is 0 Å². The van der Waals surface area contributed by atoms with E-state index in [1.807, 2.05) is 4.57 Å². The zero-order valence-corrected chi connectivity index (χ0v) is 14.8. The number of amides is 1. The number of sulfone groups is 1. The van der Waals surface area contributed by atoms with Crippen LogP contribution in [-0.4, -0.2) is 60.5 Å². The number of rotatable bonds is 6. The van der Waals surface area contributed by atoms with Gasteiger partial charge in [0.1, 0.15) is 5.75 Å². The molecular formula is C15H25N3O4S. The first-order valence-electron chi connectivity index (χ1n) is 7.77. The molecule has 0 saturated carbocycles. The van der Waals surface area contributed by atoms with E-state index < -0.39 is 15.6 Å². The zero-order valence-electron chi connectivity index (χ0n) is 13.9. The highest BCUT2D eigenvalue weighted by Gasteiger charge is 2.27. The van der Waals surface area contributed by atoms with Crippen LogP contribution in [0.3, 0.4) is 0 Å². The number of hydrogen-bond acceptors (Lipinski definition) is 5. The number of aromatic nitrogens is 2. The fourth-order valence-corrected chi connectivity index (χ4v) is 3.26. The Hall–Kier alpha value is -1.41. The molecule has 0 radical (unpaired) electrons. The van der Waals surface area contributed by atoms with Crippen molar-refractivity contribution in [2.45, 2.75) is 26.9 Å².